The summed E-state index contributed by atoms with van der Waals surface area (Å²) in [7, 11) is -8.80. The second-order valence-corrected chi connectivity index (χ2v) is 8.97. The van der Waals surface area contributed by atoms with Gasteiger partial charge in [-0.3, -0.25) is 0 Å². The molecule has 0 N–H and O–H groups in total. The minimum absolute atomic E-state index is 0.0195. The lowest BCUT2D eigenvalue weighted by molar-refractivity contribution is 0.461. The van der Waals surface area contributed by atoms with E-state index in [0.717, 1.165) is 11.6 Å². The van der Waals surface area contributed by atoms with Gasteiger partial charge in [0.2, 0.25) is 0 Å². The Morgan fingerprint density at radius 2 is 1.65 bits per heavy atom. The predicted octanol–water partition coefficient (Wildman–Crippen LogP) is 3.43. The van der Waals surface area contributed by atoms with Gasteiger partial charge in [-0.2, -0.15) is 8.42 Å². The molecule has 0 aromatic heterocycles. The largest absolute Gasteiger partial charge is 0.744 e. The van der Waals surface area contributed by atoms with Crippen LogP contribution in [0.2, 0.25) is 0 Å². The van der Waals surface area contributed by atoms with Gasteiger partial charge in [0.05, 0.1) is 4.90 Å². The lowest BCUT2D eigenvalue weighted by atomic mass is 10.0. The number of hydrogen-bond donors (Lipinski definition) is 0. The first-order valence-corrected chi connectivity index (χ1v) is 10.5. The van der Waals surface area contributed by atoms with Crippen LogP contribution in [0.15, 0.2) is 52.8 Å². The zero-order valence-corrected chi connectivity index (χ0v) is 16.2. The molecule has 0 saturated carbocycles. The zero-order chi connectivity index (χ0) is 19.7. The van der Waals surface area contributed by atoms with Crippen molar-refractivity contribution < 1.29 is 25.6 Å². The molecule has 2 rings (SSSR count). The molecule has 8 heteroatoms. The van der Waals surface area contributed by atoms with Crippen LogP contribution in [0.1, 0.15) is 36.5 Å². The van der Waals surface area contributed by atoms with Crippen molar-refractivity contribution in [3.8, 4) is 5.75 Å². The van der Waals surface area contributed by atoms with Crippen LogP contribution in [0.4, 0.5) is 0 Å². The first-order valence-electron chi connectivity index (χ1n) is 7.73. The maximum Gasteiger partial charge on any atom is 0.339 e. The fraction of sp³-hybridized carbons (Fsp3) is 0.222. The van der Waals surface area contributed by atoms with Crippen LogP contribution in [-0.2, 0) is 20.2 Å². The van der Waals surface area contributed by atoms with Crippen LogP contribution < -0.4 is 4.18 Å². The minimum atomic E-state index is -4.69. The topological polar surface area (TPSA) is 101 Å². The molecule has 0 saturated heterocycles. The van der Waals surface area contributed by atoms with Crippen molar-refractivity contribution in [3.05, 3.63) is 59.7 Å². The van der Waals surface area contributed by atoms with Gasteiger partial charge in [-0.25, -0.2) is 8.42 Å². The van der Waals surface area contributed by atoms with Gasteiger partial charge in [-0.1, -0.05) is 38.6 Å². The molecule has 0 heterocycles. The summed E-state index contributed by atoms with van der Waals surface area (Å²) in [4.78, 5) is -0.417. The lowest BCUT2D eigenvalue weighted by Gasteiger charge is -2.19. The highest BCUT2D eigenvalue weighted by Gasteiger charge is 2.21. The number of rotatable bonds is 6. The summed E-state index contributed by atoms with van der Waals surface area (Å²) in [5.41, 5.74) is 1.19. The monoisotopic (exact) mass is 395 g/mol. The van der Waals surface area contributed by atoms with Gasteiger partial charge < -0.3 is 8.74 Å². The molecular weight excluding hydrogens is 376 g/mol. The van der Waals surface area contributed by atoms with Crippen LogP contribution in [0.25, 0.3) is 6.08 Å². The Bertz CT molecular complexity index is 1030. The standard InChI is InChI=1S/C18H20O6S2/c1-5-14-6-8-15(9-7-14)26(22,23)24-17-11-16(12(2)3)18(10-13(17)4)25(19,20)21/h5-12H,1H2,2-4H3,(H,19,20,21)/p-1. The predicted molar refractivity (Wildman–Crippen MR) is 97.6 cm³/mol. The highest BCUT2D eigenvalue weighted by molar-refractivity contribution is 7.87. The zero-order valence-electron chi connectivity index (χ0n) is 14.6. The molecule has 6 nitrogen and oxygen atoms in total. The quantitative estimate of drug-likeness (QED) is 0.549. The van der Waals surface area contributed by atoms with E-state index in [0.29, 0.717) is 0 Å². The fourth-order valence-electron chi connectivity index (χ4n) is 2.37. The van der Waals surface area contributed by atoms with Crippen LogP contribution in [0.3, 0.4) is 0 Å². The highest BCUT2D eigenvalue weighted by Crippen LogP contribution is 2.32. The molecule has 140 valence electrons. The Morgan fingerprint density at radius 1 is 1.08 bits per heavy atom. The molecule has 0 aliphatic heterocycles. The van der Waals surface area contributed by atoms with Gasteiger partial charge >= 0.3 is 10.1 Å². The second-order valence-electron chi connectivity index (χ2n) is 6.07. The van der Waals surface area contributed by atoms with E-state index in [4.69, 9.17) is 4.18 Å². The SMILES string of the molecule is C=Cc1ccc(S(=O)(=O)Oc2cc(C(C)C)c(S(=O)(=O)[O-])cc2C)cc1. The first-order chi connectivity index (χ1) is 12.0. The third-order valence-electron chi connectivity index (χ3n) is 3.80. The summed E-state index contributed by atoms with van der Waals surface area (Å²) < 4.78 is 64.6. The molecule has 0 aliphatic carbocycles. The van der Waals surface area contributed by atoms with E-state index in [9.17, 15) is 21.4 Å². The van der Waals surface area contributed by atoms with E-state index in [-0.39, 0.29) is 32.6 Å². The maximum atomic E-state index is 12.5. The summed E-state index contributed by atoms with van der Waals surface area (Å²) in [6.45, 7) is 8.48. The van der Waals surface area contributed by atoms with Gasteiger partial charge in [-0.05, 0) is 53.8 Å². The van der Waals surface area contributed by atoms with Crippen molar-refractivity contribution in [2.45, 2.75) is 36.5 Å². The van der Waals surface area contributed by atoms with E-state index < -0.39 is 20.2 Å². The molecule has 0 unspecified atom stereocenters. The van der Waals surface area contributed by atoms with E-state index in [1.165, 1.54) is 25.1 Å². The van der Waals surface area contributed by atoms with E-state index in [2.05, 4.69) is 6.58 Å². The van der Waals surface area contributed by atoms with Crippen molar-refractivity contribution in [3.63, 3.8) is 0 Å². The average Bonchev–Trinajstić information content (AvgIpc) is 2.55. The highest BCUT2D eigenvalue weighted by atomic mass is 32.2. The lowest BCUT2D eigenvalue weighted by Crippen LogP contribution is -2.12. The summed E-state index contributed by atoms with van der Waals surface area (Å²) in [5.74, 6) is -0.333. The molecule has 2 aromatic carbocycles. The Morgan fingerprint density at radius 3 is 2.12 bits per heavy atom. The van der Waals surface area contributed by atoms with Crippen molar-refractivity contribution in [1.82, 2.24) is 0 Å². The number of aryl methyl sites for hydroxylation is 1. The third kappa shape index (κ3) is 4.32. The van der Waals surface area contributed by atoms with Gasteiger partial charge in [0, 0.05) is 0 Å². The second kappa shape index (κ2) is 7.22. The molecular formula is C18H19O6S2-. The third-order valence-corrected chi connectivity index (χ3v) is 5.94. The molecule has 0 spiro atoms. The van der Waals surface area contributed by atoms with E-state index in [1.54, 1.807) is 32.1 Å². The Balaban J connectivity index is 2.51. The minimum Gasteiger partial charge on any atom is -0.744 e. The summed E-state index contributed by atoms with van der Waals surface area (Å²) >= 11 is 0. The molecule has 26 heavy (non-hydrogen) atoms. The van der Waals surface area contributed by atoms with Gasteiger partial charge in [0.1, 0.15) is 20.8 Å². The van der Waals surface area contributed by atoms with Gasteiger partial charge in [0.25, 0.3) is 0 Å². The van der Waals surface area contributed by atoms with E-state index in [1.807, 2.05) is 0 Å². The number of benzene rings is 2. The normalized spacial score (nSPS) is 12.2. The first kappa shape index (κ1) is 20.2. The Hall–Kier alpha value is -2.16. The van der Waals surface area contributed by atoms with Gasteiger partial charge in [0.15, 0.2) is 0 Å². The Kier molecular flexibility index (Phi) is 5.60. The fourth-order valence-corrected chi connectivity index (χ4v) is 4.26. The smallest absolute Gasteiger partial charge is 0.339 e. The van der Waals surface area contributed by atoms with Crippen LogP contribution in [0.5, 0.6) is 5.75 Å². The van der Waals surface area contributed by atoms with E-state index >= 15 is 0 Å². The maximum absolute atomic E-state index is 12.5. The van der Waals surface area contributed by atoms with Crippen LogP contribution in [-0.4, -0.2) is 21.4 Å². The van der Waals surface area contributed by atoms with Crippen LogP contribution in [0, 0.1) is 6.92 Å². The Labute approximate surface area is 154 Å². The number of hydrogen-bond acceptors (Lipinski definition) is 6. The van der Waals surface area contributed by atoms with Crippen molar-refractivity contribution in [1.29, 1.82) is 0 Å². The van der Waals surface area contributed by atoms with Crippen molar-refractivity contribution in [2.24, 2.45) is 0 Å². The molecule has 0 atom stereocenters. The average molecular weight is 395 g/mol. The molecule has 0 bridgehead atoms. The van der Waals surface area contributed by atoms with Crippen molar-refractivity contribution in [2.75, 3.05) is 0 Å². The summed E-state index contributed by atoms with van der Waals surface area (Å²) in [6, 6.07) is 8.39. The summed E-state index contributed by atoms with van der Waals surface area (Å²) in [6.07, 6.45) is 1.58. The van der Waals surface area contributed by atoms with Crippen molar-refractivity contribution >= 4 is 26.3 Å². The molecule has 0 fully saturated rings. The van der Waals surface area contributed by atoms with Gasteiger partial charge in [-0.15, -0.1) is 0 Å². The summed E-state index contributed by atoms with van der Waals surface area (Å²) in [5, 5.41) is 0. The van der Waals surface area contributed by atoms with Crippen LogP contribution >= 0.6 is 0 Å². The molecule has 0 aliphatic rings. The molecule has 0 amide bonds. The molecule has 0 radical (unpaired) electrons. The molecule has 2 aromatic rings.